The van der Waals surface area contributed by atoms with E-state index >= 15 is 0 Å². The van der Waals surface area contributed by atoms with Gasteiger partial charge in [-0.2, -0.15) is 0 Å². The number of carboxylic acid groups (broad SMARTS) is 1. The predicted molar refractivity (Wildman–Crippen MR) is 81.6 cm³/mol. The summed E-state index contributed by atoms with van der Waals surface area (Å²) in [4.78, 5) is 47.5. The van der Waals surface area contributed by atoms with Gasteiger partial charge in [0.25, 0.3) is 0 Å². The molecule has 0 aliphatic heterocycles. The van der Waals surface area contributed by atoms with Crippen LogP contribution in [0.3, 0.4) is 0 Å². The quantitative estimate of drug-likeness (QED) is 0.462. The smallest absolute Gasteiger partial charge is 0.372 e. The van der Waals surface area contributed by atoms with E-state index in [0.717, 1.165) is 11.3 Å². The zero-order chi connectivity index (χ0) is 17.0. The number of hydrogen-bond acceptors (Lipinski definition) is 4. The van der Waals surface area contributed by atoms with Gasteiger partial charge in [-0.3, -0.25) is 14.4 Å². The maximum absolute atomic E-state index is 11.8. The fraction of sp³-hybridized carbons (Fsp3) is 0.176. The second kappa shape index (κ2) is 6.83. The van der Waals surface area contributed by atoms with Crippen LogP contribution in [-0.2, 0) is 16.0 Å². The predicted octanol–water partition coefficient (Wildman–Crippen LogP) is 2.03. The fourth-order valence-electron chi connectivity index (χ4n) is 2.11. The topological polar surface area (TPSA) is 104 Å². The van der Waals surface area contributed by atoms with Crippen LogP contribution in [0.5, 0.6) is 0 Å². The number of nitrogens with one attached hydrogen (secondary N) is 1. The van der Waals surface area contributed by atoms with Gasteiger partial charge >= 0.3 is 5.97 Å². The van der Waals surface area contributed by atoms with Gasteiger partial charge in [0.15, 0.2) is 11.6 Å². The van der Waals surface area contributed by atoms with Crippen molar-refractivity contribution in [2.45, 2.75) is 19.8 Å². The highest BCUT2D eigenvalue weighted by molar-refractivity contribution is 6.37. The molecule has 0 unspecified atom stereocenters. The molecule has 6 nitrogen and oxygen atoms in total. The van der Waals surface area contributed by atoms with Crippen molar-refractivity contribution in [1.82, 2.24) is 4.98 Å². The first-order valence-electron chi connectivity index (χ1n) is 6.93. The molecule has 6 heteroatoms. The molecule has 0 spiro atoms. The normalized spacial score (nSPS) is 10.3. The number of H-pyrrole nitrogens is 1. The molecule has 0 bridgehead atoms. The van der Waals surface area contributed by atoms with Crippen LogP contribution in [0.2, 0.25) is 0 Å². The zero-order valence-electron chi connectivity index (χ0n) is 12.5. The fourth-order valence-corrected chi connectivity index (χ4v) is 2.11. The molecule has 0 radical (unpaired) electrons. The third kappa shape index (κ3) is 4.23. The van der Waals surface area contributed by atoms with Crippen molar-refractivity contribution < 1.29 is 24.3 Å². The third-order valence-electron chi connectivity index (χ3n) is 3.38. The highest BCUT2D eigenvalue weighted by Crippen LogP contribution is 2.13. The van der Waals surface area contributed by atoms with Crippen molar-refractivity contribution in [3.8, 4) is 0 Å². The highest BCUT2D eigenvalue weighted by atomic mass is 16.4. The lowest BCUT2D eigenvalue weighted by atomic mass is 10.0. The summed E-state index contributed by atoms with van der Waals surface area (Å²) in [5, 5.41) is 8.51. The van der Waals surface area contributed by atoms with Crippen molar-refractivity contribution in [3.05, 3.63) is 58.9 Å². The molecule has 2 N–H and O–H groups in total. The molecule has 0 fully saturated rings. The van der Waals surface area contributed by atoms with Crippen LogP contribution in [0, 0.1) is 0 Å². The Morgan fingerprint density at radius 2 is 1.70 bits per heavy atom. The molecule has 0 atom stereocenters. The highest BCUT2D eigenvalue weighted by Gasteiger charge is 2.18. The maximum atomic E-state index is 11.8. The molecule has 0 aliphatic rings. The van der Waals surface area contributed by atoms with Crippen LogP contribution in [0.25, 0.3) is 0 Å². The molecule has 0 saturated carbocycles. The van der Waals surface area contributed by atoms with Crippen molar-refractivity contribution in [2.75, 3.05) is 0 Å². The molecule has 2 rings (SSSR count). The molecular weight excluding hydrogens is 298 g/mol. The number of hydrogen-bond donors (Lipinski definition) is 2. The summed E-state index contributed by atoms with van der Waals surface area (Å²) in [5.74, 6) is -3.28. The number of benzene rings is 1. The first-order valence-corrected chi connectivity index (χ1v) is 6.93. The molecule has 2 aromatic rings. The molecule has 1 aromatic heterocycles. The molecule has 1 heterocycles. The minimum Gasteiger partial charge on any atom is -0.475 e. The number of aromatic nitrogens is 1. The second-order valence-electron chi connectivity index (χ2n) is 5.17. The zero-order valence-corrected chi connectivity index (χ0v) is 12.5. The van der Waals surface area contributed by atoms with Gasteiger partial charge in [-0.15, -0.1) is 0 Å². The van der Waals surface area contributed by atoms with Crippen molar-refractivity contribution in [3.63, 3.8) is 0 Å². The Morgan fingerprint density at radius 3 is 2.26 bits per heavy atom. The van der Waals surface area contributed by atoms with Crippen LogP contribution >= 0.6 is 0 Å². The van der Waals surface area contributed by atoms with Crippen molar-refractivity contribution >= 4 is 23.3 Å². The molecule has 0 aliphatic carbocycles. The minimum absolute atomic E-state index is 0.00703. The van der Waals surface area contributed by atoms with Crippen LogP contribution in [-0.4, -0.2) is 33.4 Å². The average molecular weight is 313 g/mol. The van der Waals surface area contributed by atoms with E-state index in [4.69, 9.17) is 5.11 Å². The summed E-state index contributed by atoms with van der Waals surface area (Å²) >= 11 is 0. The lowest BCUT2D eigenvalue weighted by Gasteiger charge is -2.00. The first kappa shape index (κ1) is 16.4. The van der Waals surface area contributed by atoms with Gasteiger partial charge in [0.2, 0.25) is 5.78 Å². The monoisotopic (exact) mass is 313 g/mol. The number of aliphatic carboxylic acids is 1. The van der Waals surface area contributed by atoms with Crippen LogP contribution in [0.15, 0.2) is 36.5 Å². The lowest BCUT2D eigenvalue weighted by molar-refractivity contribution is -0.148. The van der Waals surface area contributed by atoms with E-state index in [0.29, 0.717) is 12.0 Å². The second-order valence-corrected chi connectivity index (χ2v) is 5.17. The maximum Gasteiger partial charge on any atom is 0.372 e. The van der Waals surface area contributed by atoms with Crippen molar-refractivity contribution in [2.24, 2.45) is 0 Å². The number of Topliss-reactive ketones (excluding diaryl/α,β-unsaturated/α-hetero) is 3. The van der Waals surface area contributed by atoms with Crippen LogP contribution in [0.1, 0.15) is 45.3 Å². The standard InChI is InChI=1S/C17H15NO5/c1-10(19)12-4-2-11(3-5-12)6-14-7-13(9-18-14)15(20)8-16(21)17(22)23/h2-5,7,9,18H,6,8H2,1H3,(H,22,23). The van der Waals surface area contributed by atoms with Gasteiger partial charge in [0.1, 0.15) is 0 Å². The lowest BCUT2D eigenvalue weighted by Crippen LogP contribution is -2.16. The van der Waals surface area contributed by atoms with Gasteiger partial charge in [-0.25, -0.2) is 4.79 Å². The molecule has 23 heavy (non-hydrogen) atoms. The summed E-state index contributed by atoms with van der Waals surface area (Å²) in [6.07, 6.45) is 1.33. The van der Waals surface area contributed by atoms with Crippen molar-refractivity contribution in [1.29, 1.82) is 0 Å². The molecule has 118 valence electrons. The van der Waals surface area contributed by atoms with E-state index in [1.165, 1.54) is 13.1 Å². The number of rotatable bonds is 7. The Morgan fingerprint density at radius 1 is 1.04 bits per heavy atom. The molecule has 0 amide bonds. The van der Waals surface area contributed by atoms with E-state index in [-0.39, 0.29) is 11.3 Å². The van der Waals surface area contributed by atoms with Gasteiger partial charge < -0.3 is 10.1 Å². The first-order chi connectivity index (χ1) is 10.9. The Bertz CT molecular complexity index is 771. The number of carbonyl (C=O) groups excluding carboxylic acids is 3. The molecule has 0 saturated heterocycles. The molecular formula is C17H15NO5. The summed E-state index contributed by atoms with van der Waals surface area (Å²) < 4.78 is 0. The Labute approximate surface area is 132 Å². The summed E-state index contributed by atoms with van der Waals surface area (Å²) in [6, 6.07) is 8.72. The van der Waals surface area contributed by atoms with Gasteiger partial charge in [-0.1, -0.05) is 24.3 Å². The SMILES string of the molecule is CC(=O)c1ccc(Cc2cc(C(=O)CC(=O)C(=O)O)c[nH]2)cc1. The van der Waals surface area contributed by atoms with E-state index in [9.17, 15) is 19.2 Å². The number of carboxylic acids is 1. The van der Waals surface area contributed by atoms with E-state index in [1.807, 2.05) is 12.1 Å². The summed E-state index contributed by atoms with van der Waals surface area (Å²) in [6.45, 7) is 1.50. The van der Waals surface area contributed by atoms with Gasteiger partial charge in [0, 0.05) is 29.4 Å². The number of carbonyl (C=O) groups is 4. The molecule has 1 aromatic carbocycles. The minimum atomic E-state index is -1.61. The third-order valence-corrected chi connectivity index (χ3v) is 3.38. The van der Waals surface area contributed by atoms with E-state index in [1.54, 1.807) is 18.2 Å². The van der Waals surface area contributed by atoms with E-state index < -0.39 is 24.0 Å². The number of ketones is 3. The van der Waals surface area contributed by atoms with Crippen LogP contribution in [0.4, 0.5) is 0 Å². The Balaban J connectivity index is 2.04. The van der Waals surface area contributed by atoms with Crippen LogP contribution < -0.4 is 0 Å². The Hall–Kier alpha value is -3.02. The van der Waals surface area contributed by atoms with E-state index in [2.05, 4.69) is 4.98 Å². The largest absolute Gasteiger partial charge is 0.475 e. The summed E-state index contributed by atoms with van der Waals surface area (Å²) in [7, 11) is 0. The summed E-state index contributed by atoms with van der Waals surface area (Å²) in [5.41, 5.74) is 2.61. The number of aromatic amines is 1. The average Bonchev–Trinajstić information content (AvgIpc) is 2.96. The van der Waals surface area contributed by atoms with Gasteiger partial charge in [-0.05, 0) is 18.6 Å². The van der Waals surface area contributed by atoms with Gasteiger partial charge in [0.05, 0.1) is 6.42 Å². The Kier molecular flexibility index (Phi) is 4.85.